The molecule has 0 saturated carbocycles. The van der Waals surface area contributed by atoms with Gasteiger partial charge in [-0.25, -0.2) is 14.8 Å². The van der Waals surface area contributed by atoms with Crippen molar-refractivity contribution in [2.24, 2.45) is 0 Å². The number of nitrogens with zero attached hydrogens (tertiary/aromatic N) is 5. The number of hydrogen-bond acceptors (Lipinski definition) is 5. The fraction of sp³-hybridized carbons (Fsp3) is 0.450. The van der Waals surface area contributed by atoms with Gasteiger partial charge in [-0.2, -0.15) is 0 Å². The van der Waals surface area contributed by atoms with Gasteiger partial charge in [0.15, 0.2) is 0 Å². The Morgan fingerprint density at radius 1 is 1.04 bits per heavy atom. The molecule has 1 N–H and O–H groups in total. The normalized spacial score (nSPS) is 13.5. The number of urea groups is 1. The number of carbonyl (C=O) groups excluding carboxylic acids is 1. The molecule has 7 nitrogen and oxygen atoms in total. The standard InChI is InChI=1S/C20H28N6O/c1-24(2)18-8-7-17(14-21-18)15-25(3)20(27)23-13-16-6-9-19(22-12-16)26-10-4-5-11-26/h6-9,12,14H,4-5,10-11,13,15H2,1-3H3,(H,23,27). The van der Waals surface area contributed by atoms with Crippen LogP contribution in [0.1, 0.15) is 24.0 Å². The summed E-state index contributed by atoms with van der Waals surface area (Å²) in [7, 11) is 5.69. The molecule has 0 unspecified atom stereocenters. The molecule has 1 aliphatic heterocycles. The van der Waals surface area contributed by atoms with E-state index in [1.165, 1.54) is 12.8 Å². The smallest absolute Gasteiger partial charge is 0.317 e. The molecule has 0 atom stereocenters. The van der Waals surface area contributed by atoms with E-state index in [9.17, 15) is 4.79 Å². The van der Waals surface area contributed by atoms with Gasteiger partial charge in [0.2, 0.25) is 0 Å². The van der Waals surface area contributed by atoms with Gasteiger partial charge in [-0.05, 0) is 36.1 Å². The van der Waals surface area contributed by atoms with Gasteiger partial charge in [-0.15, -0.1) is 0 Å². The molecule has 7 heteroatoms. The summed E-state index contributed by atoms with van der Waals surface area (Å²) in [6.07, 6.45) is 6.12. The van der Waals surface area contributed by atoms with Crippen molar-refractivity contribution in [2.45, 2.75) is 25.9 Å². The summed E-state index contributed by atoms with van der Waals surface area (Å²) in [6.45, 7) is 3.14. The highest BCUT2D eigenvalue weighted by Crippen LogP contribution is 2.17. The van der Waals surface area contributed by atoms with E-state index in [2.05, 4.69) is 20.2 Å². The number of pyridine rings is 2. The Labute approximate surface area is 161 Å². The van der Waals surface area contributed by atoms with Gasteiger partial charge in [0.05, 0.1) is 0 Å². The van der Waals surface area contributed by atoms with Gasteiger partial charge in [0.25, 0.3) is 0 Å². The van der Waals surface area contributed by atoms with Gasteiger partial charge in [0.1, 0.15) is 11.6 Å². The summed E-state index contributed by atoms with van der Waals surface area (Å²) in [5.74, 6) is 1.92. The van der Waals surface area contributed by atoms with E-state index in [1.807, 2.05) is 49.5 Å². The molecule has 2 aromatic rings. The maximum atomic E-state index is 12.3. The Kier molecular flexibility index (Phi) is 6.11. The molecule has 144 valence electrons. The second-order valence-electron chi connectivity index (χ2n) is 7.15. The van der Waals surface area contributed by atoms with E-state index in [4.69, 9.17) is 0 Å². The Bertz CT molecular complexity index is 738. The number of nitrogens with one attached hydrogen (secondary N) is 1. The van der Waals surface area contributed by atoms with Crippen molar-refractivity contribution >= 4 is 17.7 Å². The van der Waals surface area contributed by atoms with Crippen LogP contribution >= 0.6 is 0 Å². The van der Waals surface area contributed by atoms with Crippen LogP contribution in [-0.4, -0.2) is 55.1 Å². The molecule has 0 bridgehead atoms. The van der Waals surface area contributed by atoms with E-state index in [0.717, 1.165) is 35.9 Å². The van der Waals surface area contributed by atoms with Gasteiger partial charge in [-0.1, -0.05) is 12.1 Å². The second kappa shape index (κ2) is 8.70. The SMILES string of the molecule is CN(Cc1ccc(N(C)C)nc1)C(=O)NCc1ccc(N2CCCC2)nc1. The first-order valence-electron chi connectivity index (χ1n) is 9.34. The minimum atomic E-state index is -0.115. The molecule has 1 saturated heterocycles. The third-order valence-electron chi connectivity index (χ3n) is 4.72. The monoisotopic (exact) mass is 368 g/mol. The second-order valence-corrected chi connectivity index (χ2v) is 7.15. The molecule has 1 fully saturated rings. The first-order chi connectivity index (χ1) is 13.0. The molecule has 0 spiro atoms. The topological polar surface area (TPSA) is 64.6 Å². The lowest BCUT2D eigenvalue weighted by Crippen LogP contribution is -2.36. The van der Waals surface area contributed by atoms with Crippen molar-refractivity contribution in [2.75, 3.05) is 44.0 Å². The van der Waals surface area contributed by atoms with Crippen molar-refractivity contribution in [1.29, 1.82) is 0 Å². The van der Waals surface area contributed by atoms with E-state index in [0.29, 0.717) is 13.1 Å². The number of amides is 2. The predicted molar refractivity (Wildman–Crippen MR) is 108 cm³/mol. The Morgan fingerprint density at radius 3 is 2.33 bits per heavy atom. The van der Waals surface area contributed by atoms with Crippen molar-refractivity contribution in [1.82, 2.24) is 20.2 Å². The molecule has 27 heavy (non-hydrogen) atoms. The zero-order valence-electron chi connectivity index (χ0n) is 16.4. The fourth-order valence-electron chi connectivity index (χ4n) is 3.09. The lowest BCUT2D eigenvalue weighted by Gasteiger charge is -2.19. The summed E-state index contributed by atoms with van der Waals surface area (Å²) < 4.78 is 0. The zero-order chi connectivity index (χ0) is 19.2. The quantitative estimate of drug-likeness (QED) is 0.849. The van der Waals surface area contributed by atoms with Gasteiger partial charge in [-0.3, -0.25) is 0 Å². The molecule has 0 radical (unpaired) electrons. The lowest BCUT2D eigenvalue weighted by atomic mass is 10.2. The maximum Gasteiger partial charge on any atom is 0.317 e. The number of rotatable bonds is 6. The van der Waals surface area contributed by atoms with Gasteiger partial charge in [0, 0.05) is 59.7 Å². The summed E-state index contributed by atoms with van der Waals surface area (Å²) >= 11 is 0. The zero-order valence-corrected chi connectivity index (χ0v) is 16.4. The third kappa shape index (κ3) is 5.09. The Morgan fingerprint density at radius 2 is 1.74 bits per heavy atom. The Hall–Kier alpha value is -2.83. The van der Waals surface area contributed by atoms with Crippen molar-refractivity contribution in [3.05, 3.63) is 47.8 Å². The molecule has 3 rings (SSSR count). The average molecular weight is 368 g/mol. The highest BCUT2D eigenvalue weighted by atomic mass is 16.2. The number of anilines is 2. The molecular formula is C20H28N6O. The predicted octanol–water partition coefficient (Wildman–Crippen LogP) is 2.48. The molecule has 0 aliphatic carbocycles. The molecule has 3 heterocycles. The molecule has 0 aromatic carbocycles. The minimum Gasteiger partial charge on any atom is -0.363 e. The average Bonchev–Trinajstić information content (AvgIpc) is 3.21. The highest BCUT2D eigenvalue weighted by molar-refractivity contribution is 5.73. The van der Waals surface area contributed by atoms with Crippen LogP contribution in [-0.2, 0) is 13.1 Å². The maximum absolute atomic E-state index is 12.3. The van der Waals surface area contributed by atoms with Crippen LogP contribution in [0, 0.1) is 0 Å². The van der Waals surface area contributed by atoms with Crippen LogP contribution in [0.15, 0.2) is 36.7 Å². The Balaban J connectivity index is 1.47. The largest absolute Gasteiger partial charge is 0.363 e. The van der Waals surface area contributed by atoms with Crippen molar-refractivity contribution < 1.29 is 4.79 Å². The van der Waals surface area contributed by atoms with E-state index in [1.54, 1.807) is 18.1 Å². The van der Waals surface area contributed by atoms with Gasteiger partial charge >= 0.3 is 6.03 Å². The lowest BCUT2D eigenvalue weighted by molar-refractivity contribution is 0.206. The summed E-state index contributed by atoms with van der Waals surface area (Å²) in [5.41, 5.74) is 1.99. The van der Waals surface area contributed by atoms with Crippen LogP contribution in [0.25, 0.3) is 0 Å². The first-order valence-corrected chi connectivity index (χ1v) is 9.34. The number of hydrogen-bond donors (Lipinski definition) is 1. The van der Waals surface area contributed by atoms with Crippen LogP contribution in [0.2, 0.25) is 0 Å². The summed E-state index contributed by atoms with van der Waals surface area (Å²) in [4.78, 5) is 27.1. The third-order valence-corrected chi connectivity index (χ3v) is 4.72. The van der Waals surface area contributed by atoms with E-state index < -0.39 is 0 Å². The molecule has 2 aromatic heterocycles. The van der Waals surface area contributed by atoms with Crippen LogP contribution in [0.3, 0.4) is 0 Å². The van der Waals surface area contributed by atoms with E-state index in [-0.39, 0.29) is 6.03 Å². The van der Waals surface area contributed by atoms with Crippen LogP contribution in [0.5, 0.6) is 0 Å². The van der Waals surface area contributed by atoms with Gasteiger partial charge < -0.3 is 20.0 Å². The van der Waals surface area contributed by atoms with Crippen molar-refractivity contribution in [3.8, 4) is 0 Å². The summed E-state index contributed by atoms with van der Waals surface area (Å²) in [6, 6.07) is 7.90. The molecule has 2 amide bonds. The van der Waals surface area contributed by atoms with E-state index >= 15 is 0 Å². The molecular weight excluding hydrogens is 340 g/mol. The summed E-state index contributed by atoms with van der Waals surface area (Å²) in [5, 5.41) is 2.94. The van der Waals surface area contributed by atoms with Crippen LogP contribution < -0.4 is 15.1 Å². The highest BCUT2D eigenvalue weighted by Gasteiger charge is 2.13. The van der Waals surface area contributed by atoms with Crippen molar-refractivity contribution in [3.63, 3.8) is 0 Å². The number of aromatic nitrogens is 2. The first kappa shape index (κ1) is 18.9. The molecule has 1 aliphatic rings. The van der Waals surface area contributed by atoms with Crippen LogP contribution in [0.4, 0.5) is 16.4 Å². The number of carbonyl (C=O) groups is 1. The minimum absolute atomic E-state index is 0.115. The fourth-order valence-corrected chi connectivity index (χ4v) is 3.09.